The molecule has 2 N–H and O–H groups in total. The van der Waals surface area contributed by atoms with Crippen LogP contribution in [0.2, 0.25) is 0 Å². The Morgan fingerprint density at radius 3 is 2.42 bits per heavy atom. The molecule has 2 unspecified atom stereocenters. The van der Waals surface area contributed by atoms with Crippen LogP contribution in [0.5, 0.6) is 0 Å². The number of nitrogens with zero attached hydrogens (tertiary/aromatic N) is 2. The highest BCUT2D eigenvalue weighted by Gasteiger charge is 2.46. The van der Waals surface area contributed by atoms with Crippen LogP contribution in [0.4, 0.5) is 18.4 Å². The van der Waals surface area contributed by atoms with E-state index in [4.69, 9.17) is 9.47 Å². The SMILES string of the molecule is O=C(O)N1CCOCC1[C@@H](O)[C@H](Cc1cc(F)cc(F)c1)C(=O)N1C(=O)OCC1Cc1ccccc1. The molecule has 2 aromatic carbocycles. The summed E-state index contributed by atoms with van der Waals surface area (Å²) in [5.41, 5.74) is 0.913. The summed E-state index contributed by atoms with van der Waals surface area (Å²) in [6.45, 7) is -0.174. The quantitative estimate of drug-likeness (QED) is 0.595. The monoisotopic (exact) mass is 504 g/mol. The van der Waals surface area contributed by atoms with Crippen molar-refractivity contribution < 1.29 is 42.9 Å². The number of benzene rings is 2. The molecule has 4 rings (SSSR count). The first-order valence-corrected chi connectivity index (χ1v) is 11.5. The third-order valence-electron chi connectivity index (χ3n) is 6.43. The van der Waals surface area contributed by atoms with Crippen molar-refractivity contribution >= 4 is 18.1 Å². The zero-order valence-electron chi connectivity index (χ0n) is 19.3. The fourth-order valence-corrected chi connectivity index (χ4v) is 4.69. The van der Waals surface area contributed by atoms with Crippen molar-refractivity contribution in [2.45, 2.75) is 31.0 Å². The summed E-state index contributed by atoms with van der Waals surface area (Å²) in [4.78, 5) is 40.0. The minimum atomic E-state index is -1.63. The molecule has 0 spiro atoms. The van der Waals surface area contributed by atoms with E-state index in [-0.39, 0.29) is 38.3 Å². The number of hydrogen-bond acceptors (Lipinski definition) is 6. The Labute approximate surface area is 205 Å². The zero-order chi connectivity index (χ0) is 25.8. The Hall–Kier alpha value is -3.57. The lowest BCUT2D eigenvalue weighted by Crippen LogP contribution is -2.58. The predicted octanol–water partition coefficient (Wildman–Crippen LogP) is 2.45. The average molecular weight is 504 g/mol. The van der Waals surface area contributed by atoms with E-state index in [0.717, 1.165) is 27.5 Å². The summed E-state index contributed by atoms with van der Waals surface area (Å²) >= 11 is 0. The Bertz CT molecular complexity index is 1100. The van der Waals surface area contributed by atoms with Gasteiger partial charge in [0, 0.05) is 12.6 Å². The van der Waals surface area contributed by atoms with Crippen molar-refractivity contribution in [3.63, 3.8) is 0 Å². The standard InChI is InChI=1S/C25H26F2N2O7/c26-17-8-16(9-18(27)12-17)11-20(22(30)21-14-35-7-6-28(21)24(32)33)23(31)29-19(13-36-25(29)34)10-15-4-2-1-3-5-15/h1-5,8-9,12,19-22,30H,6-7,10-11,13-14H2,(H,32,33)/t19?,20-,21?,22-/m0/s1. The van der Waals surface area contributed by atoms with E-state index in [2.05, 4.69) is 0 Å². The second-order valence-corrected chi connectivity index (χ2v) is 8.83. The molecule has 0 saturated carbocycles. The molecule has 0 aromatic heterocycles. The van der Waals surface area contributed by atoms with Crippen LogP contribution in [0.3, 0.4) is 0 Å². The molecule has 3 amide bonds. The molecule has 192 valence electrons. The van der Waals surface area contributed by atoms with E-state index in [1.807, 2.05) is 30.3 Å². The number of carbonyl (C=O) groups is 3. The molecule has 0 radical (unpaired) electrons. The van der Waals surface area contributed by atoms with Gasteiger partial charge in [0.25, 0.3) is 0 Å². The molecule has 9 nitrogen and oxygen atoms in total. The van der Waals surface area contributed by atoms with Crippen LogP contribution in [0.25, 0.3) is 0 Å². The number of ether oxygens (including phenoxy) is 2. The van der Waals surface area contributed by atoms with E-state index >= 15 is 0 Å². The fraction of sp³-hybridized carbons (Fsp3) is 0.400. The first kappa shape index (κ1) is 25.5. The number of aliphatic hydroxyl groups is 1. The molecule has 0 aliphatic carbocycles. The first-order valence-electron chi connectivity index (χ1n) is 11.5. The van der Waals surface area contributed by atoms with Crippen LogP contribution in [-0.2, 0) is 27.1 Å². The Morgan fingerprint density at radius 2 is 1.75 bits per heavy atom. The van der Waals surface area contributed by atoms with E-state index < -0.39 is 53.8 Å². The molecular weight excluding hydrogens is 478 g/mol. The van der Waals surface area contributed by atoms with Gasteiger partial charge in [0.2, 0.25) is 5.91 Å². The number of halogens is 2. The molecule has 4 atom stereocenters. The summed E-state index contributed by atoms with van der Waals surface area (Å²) in [5, 5.41) is 20.9. The van der Waals surface area contributed by atoms with E-state index in [1.54, 1.807) is 0 Å². The molecule has 36 heavy (non-hydrogen) atoms. The lowest BCUT2D eigenvalue weighted by molar-refractivity contribution is -0.141. The fourth-order valence-electron chi connectivity index (χ4n) is 4.69. The predicted molar refractivity (Wildman–Crippen MR) is 121 cm³/mol. The summed E-state index contributed by atoms with van der Waals surface area (Å²) in [6, 6.07) is 10.0. The number of aliphatic hydroxyl groups excluding tert-OH is 1. The maximum Gasteiger partial charge on any atom is 0.416 e. The average Bonchev–Trinajstić information content (AvgIpc) is 3.21. The van der Waals surface area contributed by atoms with Gasteiger partial charge in [0.15, 0.2) is 0 Å². The second kappa shape index (κ2) is 11.0. The van der Waals surface area contributed by atoms with Crippen LogP contribution in [0.15, 0.2) is 48.5 Å². The van der Waals surface area contributed by atoms with Crippen molar-refractivity contribution in [3.8, 4) is 0 Å². The third-order valence-corrected chi connectivity index (χ3v) is 6.43. The number of hydrogen-bond donors (Lipinski definition) is 2. The van der Waals surface area contributed by atoms with Crippen LogP contribution in [0.1, 0.15) is 11.1 Å². The molecule has 0 bridgehead atoms. The first-order chi connectivity index (χ1) is 17.2. The summed E-state index contributed by atoms with van der Waals surface area (Å²) in [7, 11) is 0. The van der Waals surface area contributed by atoms with Crippen LogP contribution < -0.4 is 0 Å². The number of amides is 3. The number of carboxylic acid groups (broad SMARTS) is 1. The summed E-state index contributed by atoms with van der Waals surface area (Å²) in [5.74, 6) is -3.99. The lowest BCUT2D eigenvalue weighted by atomic mass is 9.87. The second-order valence-electron chi connectivity index (χ2n) is 8.83. The zero-order valence-corrected chi connectivity index (χ0v) is 19.3. The van der Waals surface area contributed by atoms with Gasteiger partial charge in [-0.3, -0.25) is 9.69 Å². The van der Waals surface area contributed by atoms with Gasteiger partial charge in [-0.1, -0.05) is 30.3 Å². The molecular formula is C25H26F2N2O7. The summed E-state index contributed by atoms with van der Waals surface area (Å²) in [6.07, 6.45) is -3.90. The van der Waals surface area contributed by atoms with E-state index in [1.165, 1.54) is 0 Å². The van der Waals surface area contributed by atoms with Gasteiger partial charge in [-0.05, 0) is 36.1 Å². The van der Waals surface area contributed by atoms with Crippen molar-refractivity contribution in [1.29, 1.82) is 0 Å². The Kier molecular flexibility index (Phi) is 7.80. The number of cyclic esters (lactones) is 1. The van der Waals surface area contributed by atoms with Gasteiger partial charge in [-0.2, -0.15) is 0 Å². The number of imide groups is 1. The summed E-state index contributed by atoms with van der Waals surface area (Å²) < 4.78 is 38.3. The van der Waals surface area contributed by atoms with Gasteiger partial charge >= 0.3 is 12.2 Å². The highest BCUT2D eigenvalue weighted by atomic mass is 19.1. The van der Waals surface area contributed by atoms with Crippen molar-refractivity contribution in [2.24, 2.45) is 5.92 Å². The Morgan fingerprint density at radius 1 is 1.06 bits per heavy atom. The van der Waals surface area contributed by atoms with Gasteiger partial charge in [0.1, 0.15) is 18.2 Å². The normalized spacial score (nSPS) is 21.7. The lowest BCUT2D eigenvalue weighted by Gasteiger charge is -2.39. The van der Waals surface area contributed by atoms with E-state index in [0.29, 0.717) is 12.5 Å². The van der Waals surface area contributed by atoms with E-state index in [9.17, 15) is 33.4 Å². The minimum Gasteiger partial charge on any atom is -0.465 e. The maximum absolute atomic E-state index is 13.9. The highest BCUT2D eigenvalue weighted by molar-refractivity contribution is 5.95. The van der Waals surface area contributed by atoms with Gasteiger partial charge in [-0.25, -0.2) is 23.3 Å². The molecule has 2 aliphatic rings. The van der Waals surface area contributed by atoms with Crippen molar-refractivity contribution in [1.82, 2.24) is 9.80 Å². The largest absolute Gasteiger partial charge is 0.465 e. The number of carbonyl (C=O) groups excluding carboxylic acids is 2. The molecule has 2 saturated heterocycles. The molecule has 11 heteroatoms. The van der Waals surface area contributed by atoms with Crippen molar-refractivity contribution in [2.75, 3.05) is 26.4 Å². The van der Waals surface area contributed by atoms with Gasteiger partial charge in [0.05, 0.1) is 37.3 Å². The molecule has 2 heterocycles. The molecule has 2 fully saturated rings. The van der Waals surface area contributed by atoms with Crippen LogP contribution in [-0.4, -0.2) is 82.7 Å². The van der Waals surface area contributed by atoms with Gasteiger partial charge in [-0.15, -0.1) is 0 Å². The topological polar surface area (TPSA) is 117 Å². The molecule has 2 aliphatic heterocycles. The smallest absolute Gasteiger partial charge is 0.416 e. The highest BCUT2D eigenvalue weighted by Crippen LogP contribution is 2.27. The number of rotatable bonds is 7. The third kappa shape index (κ3) is 5.63. The molecule has 2 aromatic rings. The van der Waals surface area contributed by atoms with Crippen molar-refractivity contribution in [3.05, 3.63) is 71.3 Å². The van der Waals surface area contributed by atoms with Crippen LogP contribution >= 0.6 is 0 Å². The van der Waals surface area contributed by atoms with Crippen LogP contribution in [0, 0.1) is 17.6 Å². The minimum absolute atomic E-state index is 0.0328. The Balaban J connectivity index is 1.66. The van der Waals surface area contributed by atoms with Gasteiger partial charge < -0.3 is 19.7 Å². The number of morpholine rings is 1. The maximum atomic E-state index is 13.9.